The Hall–Kier alpha value is -2.50. The van der Waals surface area contributed by atoms with Gasteiger partial charge >= 0.3 is 6.03 Å². The van der Waals surface area contributed by atoms with E-state index >= 15 is 0 Å². The summed E-state index contributed by atoms with van der Waals surface area (Å²) in [5.41, 5.74) is -0.532. The molecule has 1 fully saturated rings. The van der Waals surface area contributed by atoms with Crippen LogP contribution in [0.5, 0.6) is 0 Å². The molecule has 126 valence electrons. The number of pyridine rings is 1. The van der Waals surface area contributed by atoms with Crippen molar-refractivity contribution in [2.45, 2.75) is 31.7 Å². The van der Waals surface area contributed by atoms with Gasteiger partial charge in [-0.05, 0) is 38.3 Å². The SMILES string of the molecule is CN1C(=O)N(CC(=O)c2cccnc2)C(=O)C1(C)C1C=CCCC1. The third-order valence-electron chi connectivity index (χ3n) is 5.15. The highest BCUT2D eigenvalue weighted by Crippen LogP contribution is 2.38. The summed E-state index contributed by atoms with van der Waals surface area (Å²) in [6.07, 6.45) is 9.97. The molecule has 0 aromatic carbocycles. The molecule has 2 heterocycles. The van der Waals surface area contributed by atoms with E-state index in [1.807, 2.05) is 6.08 Å². The highest BCUT2D eigenvalue weighted by atomic mass is 16.2. The molecule has 3 amide bonds. The van der Waals surface area contributed by atoms with E-state index in [1.54, 1.807) is 32.3 Å². The topological polar surface area (TPSA) is 70.6 Å². The van der Waals surface area contributed by atoms with Crippen molar-refractivity contribution >= 4 is 17.7 Å². The van der Waals surface area contributed by atoms with Gasteiger partial charge in [-0.3, -0.25) is 19.5 Å². The van der Waals surface area contributed by atoms with E-state index in [0.29, 0.717) is 5.56 Å². The number of nitrogens with zero attached hydrogens (tertiary/aromatic N) is 3. The maximum atomic E-state index is 13.0. The minimum atomic E-state index is -0.927. The molecule has 2 atom stereocenters. The molecule has 1 saturated heterocycles. The second-order valence-corrected chi connectivity index (χ2v) is 6.51. The number of aromatic nitrogens is 1. The minimum Gasteiger partial charge on any atom is -0.312 e. The Labute approximate surface area is 141 Å². The molecular weight excluding hydrogens is 306 g/mol. The van der Waals surface area contributed by atoms with E-state index in [4.69, 9.17) is 0 Å². The van der Waals surface area contributed by atoms with E-state index in [1.165, 1.54) is 11.1 Å². The number of ketones is 1. The largest absolute Gasteiger partial charge is 0.327 e. The number of Topliss-reactive ketones (excluding diaryl/α,β-unsaturated/α-hetero) is 1. The lowest BCUT2D eigenvalue weighted by Gasteiger charge is -2.36. The first-order chi connectivity index (χ1) is 11.5. The zero-order chi connectivity index (χ0) is 17.3. The fraction of sp³-hybridized carbons (Fsp3) is 0.444. The molecule has 0 N–H and O–H groups in total. The van der Waals surface area contributed by atoms with Gasteiger partial charge in [0.15, 0.2) is 5.78 Å². The second kappa shape index (κ2) is 6.19. The standard InChI is InChI=1S/C18H21N3O3/c1-18(14-8-4-3-5-9-14)16(23)21(17(24)20(18)2)12-15(22)13-7-6-10-19-11-13/h4,6-8,10-11,14H,3,5,9,12H2,1-2H3. The van der Waals surface area contributed by atoms with E-state index in [9.17, 15) is 14.4 Å². The Kier molecular flexibility index (Phi) is 4.22. The number of imide groups is 1. The van der Waals surface area contributed by atoms with Gasteiger partial charge < -0.3 is 4.90 Å². The molecule has 1 aliphatic heterocycles. The van der Waals surface area contributed by atoms with Gasteiger partial charge in [0.25, 0.3) is 5.91 Å². The summed E-state index contributed by atoms with van der Waals surface area (Å²) in [5, 5.41) is 0. The van der Waals surface area contributed by atoms with Crippen molar-refractivity contribution in [1.29, 1.82) is 0 Å². The maximum absolute atomic E-state index is 13.0. The van der Waals surface area contributed by atoms with Gasteiger partial charge in [-0.15, -0.1) is 0 Å². The van der Waals surface area contributed by atoms with E-state index in [-0.39, 0.29) is 24.2 Å². The summed E-state index contributed by atoms with van der Waals surface area (Å²) < 4.78 is 0. The van der Waals surface area contributed by atoms with Crippen LogP contribution in [-0.4, -0.2) is 51.6 Å². The van der Waals surface area contributed by atoms with Crippen LogP contribution in [0.3, 0.4) is 0 Å². The quantitative estimate of drug-likeness (QED) is 0.483. The number of rotatable bonds is 4. The maximum Gasteiger partial charge on any atom is 0.327 e. The molecule has 2 unspecified atom stereocenters. The van der Waals surface area contributed by atoms with Crippen molar-refractivity contribution < 1.29 is 14.4 Å². The number of hydrogen-bond acceptors (Lipinski definition) is 4. The van der Waals surface area contributed by atoms with Crippen LogP contribution in [-0.2, 0) is 4.79 Å². The van der Waals surface area contributed by atoms with Crippen molar-refractivity contribution in [1.82, 2.24) is 14.8 Å². The van der Waals surface area contributed by atoms with Crippen LogP contribution in [0.15, 0.2) is 36.7 Å². The van der Waals surface area contributed by atoms with Gasteiger partial charge in [0, 0.05) is 30.9 Å². The van der Waals surface area contributed by atoms with Crippen LogP contribution in [0.25, 0.3) is 0 Å². The smallest absolute Gasteiger partial charge is 0.312 e. The lowest BCUT2D eigenvalue weighted by atomic mass is 9.78. The molecule has 1 aromatic heterocycles. The molecule has 24 heavy (non-hydrogen) atoms. The van der Waals surface area contributed by atoms with Gasteiger partial charge in [-0.25, -0.2) is 4.79 Å². The third-order valence-corrected chi connectivity index (χ3v) is 5.15. The fourth-order valence-corrected chi connectivity index (χ4v) is 3.47. The van der Waals surface area contributed by atoms with Gasteiger partial charge in [-0.1, -0.05) is 12.2 Å². The van der Waals surface area contributed by atoms with Crippen molar-refractivity contribution in [2.24, 2.45) is 5.92 Å². The summed E-state index contributed by atoms with van der Waals surface area (Å²) in [6.45, 7) is 1.54. The normalized spacial score (nSPS) is 27.0. The van der Waals surface area contributed by atoms with Gasteiger partial charge in [-0.2, -0.15) is 0 Å². The van der Waals surface area contributed by atoms with E-state index in [2.05, 4.69) is 11.1 Å². The highest BCUT2D eigenvalue weighted by molar-refractivity contribution is 6.11. The molecule has 0 radical (unpaired) electrons. The lowest BCUT2D eigenvalue weighted by molar-refractivity contribution is -0.133. The van der Waals surface area contributed by atoms with Crippen molar-refractivity contribution in [3.63, 3.8) is 0 Å². The molecular formula is C18H21N3O3. The van der Waals surface area contributed by atoms with Crippen LogP contribution in [0.2, 0.25) is 0 Å². The number of carbonyl (C=O) groups excluding carboxylic acids is 3. The molecule has 6 nitrogen and oxygen atoms in total. The number of carbonyl (C=O) groups is 3. The molecule has 1 aliphatic carbocycles. The highest BCUT2D eigenvalue weighted by Gasteiger charge is 2.56. The number of allylic oxidation sites excluding steroid dienone is 1. The molecule has 0 saturated carbocycles. The molecule has 0 bridgehead atoms. The predicted octanol–water partition coefficient (Wildman–Crippen LogP) is 2.27. The number of amides is 3. The Bertz CT molecular complexity index is 701. The predicted molar refractivity (Wildman–Crippen MR) is 88.3 cm³/mol. The Morgan fingerprint density at radius 3 is 2.83 bits per heavy atom. The summed E-state index contributed by atoms with van der Waals surface area (Å²) in [6, 6.07) is 2.87. The summed E-state index contributed by atoms with van der Waals surface area (Å²) in [5.74, 6) is -0.614. The lowest BCUT2D eigenvalue weighted by Crippen LogP contribution is -2.51. The summed E-state index contributed by atoms with van der Waals surface area (Å²) in [4.78, 5) is 44.4. The van der Waals surface area contributed by atoms with Crippen molar-refractivity contribution in [3.05, 3.63) is 42.2 Å². The Morgan fingerprint density at radius 1 is 1.42 bits per heavy atom. The van der Waals surface area contributed by atoms with Crippen LogP contribution < -0.4 is 0 Å². The van der Waals surface area contributed by atoms with E-state index in [0.717, 1.165) is 24.2 Å². The molecule has 3 rings (SSSR count). The first-order valence-corrected chi connectivity index (χ1v) is 8.16. The monoisotopic (exact) mass is 327 g/mol. The van der Waals surface area contributed by atoms with Crippen LogP contribution in [0, 0.1) is 5.92 Å². The van der Waals surface area contributed by atoms with Gasteiger partial charge in [0.2, 0.25) is 0 Å². The van der Waals surface area contributed by atoms with Gasteiger partial charge in [0.05, 0.1) is 6.54 Å². The first-order valence-electron chi connectivity index (χ1n) is 8.16. The molecule has 6 heteroatoms. The molecule has 1 aromatic rings. The van der Waals surface area contributed by atoms with Crippen LogP contribution in [0.4, 0.5) is 4.79 Å². The zero-order valence-electron chi connectivity index (χ0n) is 13.9. The van der Waals surface area contributed by atoms with Crippen LogP contribution in [0.1, 0.15) is 36.5 Å². The summed E-state index contributed by atoms with van der Waals surface area (Å²) >= 11 is 0. The number of hydrogen-bond donors (Lipinski definition) is 0. The van der Waals surface area contributed by atoms with Crippen LogP contribution >= 0.6 is 0 Å². The molecule has 2 aliphatic rings. The average Bonchev–Trinajstić information content (AvgIpc) is 2.79. The van der Waals surface area contributed by atoms with Gasteiger partial charge in [0.1, 0.15) is 5.54 Å². The molecule has 0 spiro atoms. The summed E-state index contributed by atoms with van der Waals surface area (Å²) in [7, 11) is 1.64. The number of likely N-dealkylation sites (N-methyl/N-ethyl adjacent to an activating group) is 1. The van der Waals surface area contributed by atoms with E-state index < -0.39 is 11.6 Å². The average molecular weight is 327 g/mol. The van der Waals surface area contributed by atoms with Crippen molar-refractivity contribution in [2.75, 3.05) is 13.6 Å². The minimum absolute atomic E-state index is 0.0220. The third kappa shape index (κ3) is 2.52. The fourth-order valence-electron chi connectivity index (χ4n) is 3.47. The number of urea groups is 1. The van der Waals surface area contributed by atoms with Crippen molar-refractivity contribution in [3.8, 4) is 0 Å². The Balaban J connectivity index is 1.84. The zero-order valence-corrected chi connectivity index (χ0v) is 13.9. The second-order valence-electron chi connectivity index (χ2n) is 6.51. The Morgan fingerprint density at radius 2 is 2.21 bits per heavy atom. The first kappa shape index (κ1) is 16.4.